The Morgan fingerprint density at radius 3 is 2.83 bits per heavy atom. The van der Waals surface area contributed by atoms with Gasteiger partial charge >= 0.3 is 0 Å². The zero-order valence-corrected chi connectivity index (χ0v) is 8.54. The summed E-state index contributed by atoms with van der Waals surface area (Å²) in [6.07, 6.45) is 0.988. The van der Waals surface area contributed by atoms with Crippen LogP contribution in [0.2, 0.25) is 5.15 Å². The second-order valence-corrected chi connectivity index (χ2v) is 4.97. The summed E-state index contributed by atoms with van der Waals surface area (Å²) in [6, 6.07) is 0. The fraction of sp³-hybridized carbons (Fsp3) is 0.400. The molecule has 12 heavy (non-hydrogen) atoms. The third-order valence-corrected chi connectivity index (χ3v) is 2.79. The molecule has 68 valence electrons. The number of thiazole rings is 1. The summed E-state index contributed by atoms with van der Waals surface area (Å²) in [7, 11) is -3.40. The molecule has 0 fully saturated rings. The average Bonchev–Trinajstić information content (AvgIpc) is 2.29. The minimum Gasteiger partial charge on any atom is -0.265 e. The van der Waals surface area contributed by atoms with E-state index < -0.39 is 10.1 Å². The number of nitrogens with zero attached hydrogens (tertiary/aromatic N) is 1. The largest absolute Gasteiger partial charge is 0.265 e. The third kappa shape index (κ3) is 3.06. The van der Waals surface area contributed by atoms with Gasteiger partial charge in [-0.2, -0.15) is 8.42 Å². The molecule has 7 heteroatoms. The van der Waals surface area contributed by atoms with Gasteiger partial charge in [0.15, 0.2) is 0 Å². The van der Waals surface area contributed by atoms with Gasteiger partial charge in [0.25, 0.3) is 10.1 Å². The molecule has 0 amide bonds. The molecule has 1 aromatic heterocycles. The fourth-order valence-electron chi connectivity index (χ4n) is 0.511. The van der Waals surface area contributed by atoms with E-state index in [9.17, 15) is 8.42 Å². The van der Waals surface area contributed by atoms with E-state index in [4.69, 9.17) is 11.6 Å². The molecule has 0 radical (unpaired) electrons. The van der Waals surface area contributed by atoms with Crippen LogP contribution < -0.4 is 0 Å². The minimum atomic E-state index is -3.40. The molecular weight excluding hydrogens is 222 g/mol. The Morgan fingerprint density at radius 2 is 2.42 bits per heavy atom. The van der Waals surface area contributed by atoms with E-state index in [1.165, 1.54) is 16.8 Å². The zero-order valence-electron chi connectivity index (χ0n) is 6.15. The molecule has 0 aliphatic heterocycles. The van der Waals surface area contributed by atoms with Gasteiger partial charge in [-0.05, 0) is 0 Å². The number of halogens is 1. The molecule has 1 rings (SSSR count). The first-order chi connectivity index (χ1) is 5.49. The highest BCUT2D eigenvalue weighted by Crippen LogP contribution is 2.19. The van der Waals surface area contributed by atoms with Crippen molar-refractivity contribution < 1.29 is 12.6 Å². The quantitative estimate of drug-likeness (QED) is 0.730. The van der Waals surface area contributed by atoms with Crippen molar-refractivity contribution in [3.05, 3.63) is 15.5 Å². The van der Waals surface area contributed by atoms with E-state index in [0.717, 1.165) is 6.26 Å². The Morgan fingerprint density at radius 1 is 1.75 bits per heavy atom. The lowest BCUT2D eigenvalue weighted by Gasteiger charge is -1.97. The lowest BCUT2D eigenvalue weighted by atomic mass is 10.6. The van der Waals surface area contributed by atoms with Crippen molar-refractivity contribution in [3.63, 3.8) is 0 Å². The molecule has 0 saturated heterocycles. The van der Waals surface area contributed by atoms with Crippen LogP contribution in [0.4, 0.5) is 0 Å². The topological polar surface area (TPSA) is 56.3 Å². The van der Waals surface area contributed by atoms with E-state index in [-0.39, 0.29) is 6.61 Å². The maximum absolute atomic E-state index is 10.6. The van der Waals surface area contributed by atoms with Crippen LogP contribution in [-0.4, -0.2) is 19.7 Å². The monoisotopic (exact) mass is 227 g/mol. The van der Waals surface area contributed by atoms with Crippen molar-refractivity contribution in [1.82, 2.24) is 4.98 Å². The zero-order chi connectivity index (χ0) is 9.19. The first-order valence-corrected chi connectivity index (χ1v) is 5.99. The Hall–Kier alpha value is -0.170. The van der Waals surface area contributed by atoms with Gasteiger partial charge < -0.3 is 0 Å². The van der Waals surface area contributed by atoms with Gasteiger partial charge in [0.2, 0.25) is 0 Å². The fourth-order valence-corrected chi connectivity index (χ4v) is 1.77. The summed E-state index contributed by atoms with van der Waals surface area (Å²) >= 11 is 6.85. The molecule has 0 aliphatic carbocycles. The molecule has 0 saturated carbocycles. The summed E-state index contributed by atoms with van der Waals surface area (Å²) in [4.78, 5) is 4.34. The predicted molar refractivity (Wildman–Crippen MR) is 46.8 cm³/mol. The molecule has 0 spiro atoms. The lowest BCUT2D eigenvalue weighted by molar-refractivity contribution is 0.315. The van der Waals surface area contributed by atoms with Crippen LogP contribution in [0, 0.1) is 0 Å². The standard InChI is InChI=1S/C5H6ClNO3S2/c1-12(8,9)10-2-4-5(6)7-3-11-4/h3H,2H2,1H3. The number of aromatic nitrogens is 1. The number of rotatable bonds is 3. The second-order valence-electron chi connectivity index (χ2n) is 2.03. The van der Waals surface area contributed by atoms with Gasteiger partial charge in [0, 0.05) is 0 Å². The molecular formula is C5H6ClNO3S2. The van der Waals surface area contributed by atoms with E-state index in [2.05, 4.69) is 9.17 Å². The first kappa shape index (κ1) is 9.91. The van der Waals surface area contributed by atoms with Crippen LogP contribution in [0.15, 0.2) is 5.51 Å². The molecule has 0 unspecified atom stereocenters. The van der Waals surface area contributed by atoms with Crippen molar-refractivity contribution >= 4 is 33.1 Å². The SMILES string of the molecule is CS(=O)(=O)OCc1scnc1Cl. The van der Waals surface area contributed by atoms with Crippen molar-refractivity contribution in [2.45, 2.75) is 6.61 Å². The van der Waals surface area contributed by atoms with E-state index >= 15 is 0 Å². The molecule has 0 bridgehead atoms. The Bertz CT molecular complexity index is 359. The van der Waals surface area contributed by atoms with Gasteiger partial charge in [-0.1, -0.05) is 11.6 Å². The van der Waals surface area contributed by atoms with Crippen LogP contribution in [0.5, 0.6) is 0 Å². The van der Waals surface area contributed by atoms with Crippen LogP contribution in [0.25, 0.3) is 0 Å². The minimum absolute atomic E-state index is 0.0394. The van der Waals surface area contributed by atoms with Crippen LogP contribution in [-0.2, 0) is 20.9 Å². The maximum Gasteiger partial charge on any atom is 0.264 e. The normalized spacial score (nSPS) is 11.8. The van der Waals surface area contributed by atoms with Crippen molar-refractivity contribution in [3.8, 4) is 0 Å². The van der Waals surface area contributed by atoms with Gasteiger partial charge in [0.05, 0.1) is 16.6 Å². The Balaban J connectivity index is 2.61. The van der Waals surface area contributed by atoms with Crippen LogP contribution in [0.1, 0.15) is 4.88 Å². The highest BCUT2D eigenvalue weighted by molar-refractivity contribution is 7.85. The summed E-state index contributed by atoms with van der Waals surface area (Å²) in [5.74, 6) is 0. The predicted octanol–water partition coefficient (Wildman–Crippen LogP) is 1.27. The summed E-state index contributed by atoms with van der Waals surface area (Å²) in [5, 5.41) is 0.295. The van der Waals surface area contributed by atoms with Crippen molar-refractivity contribution in [2.24, 2.45) is 0 Å². The smallest absolute Gasteiger partial charge is 0.264 e. The Labute approximate surface area is 79.3 Å². The third-order valence-electron chi connectivity index (χ3n) is 0.995. The highest BCUT2D eigenvalue weighted by Gasteiger charge is 2.07. The first-order valence-electron chi connectivity index (χ1n) is 2.91. The number of hydrogen-bond donors (Lipinski definition) is 0. The molecule has 4 nitrogen and oxygen atoms in total. The highest BCUT2D eigenvalue weighted by atomic mass is 35.5. The molecule has 0 aromatic carbocycles. The summed E-state index contributed by atoms with van der Waals surface area (Å²) < 4.78 is 25.6. The van der Waals surface area contributed by atoms with Gasteiger partial charge in [0.1, 0.15) is 11.8 Å². The molecule has 0 N–H and O–H groups in total. The molecule has 0 atom stereocenters. The maximum atomic E-state index is 10.6. The van der Waals surface area contributed by atoms with Crippen LogP contribution in [0.3, 0.4) is 0 Å². The van der Waals surface area contributed by atoms with Gasteiger partial charge in [-0.3, -0.25) is 4.18 Å². The van der Waals surface area contributed by atoms with Gasteiger partial charge in [-0.25, -0.2) is 4.98 Å². The number of hydrogen-bond acceptors (Lipinski definition) is 5. The molecule has 1 heterocycles. The van der Waals surface area contributed by atoms with E-state index in [1.54, 1.807) is 0 Å². The van der Waals surface area contributed by atoms with Crippen molar-refractivity contribution in [1.29, 1.82) is 0 Å². The van der Waals surface area contributed by atoms with Crippen molar-refractivity contribution in [2.75, 3.05) is 6.26 Å². The second kappa shape index (κ2) is 3.69. The lowest BCUT2D eigenvalue weighted by Crippen LogP contribution is -2.01. The average molecular weight is 228 g/mol. The van der Waals surface area contributed by atoms with E-state index in [0.29, 0.717) is 10.0 Å². The summed E-state index contributed by atoms with van der Waals surface area (Å²) in [5.41, 5.74) is 1.53. The van der Waals surface area contributed by atoms with Gasteiger partial charge in [-0.15, -0.1) is 11.3 Å². The Kier molecular flexibility index (Phi) is 3.05. The molecule has 1 aromatic rings. The van der Waals surface area contributed by atoms with Crippen LogP contribution >= 0.6 is 22.9 Å². The van der Waals surface area contributed by atoms with E-state index in [1.807, 2.05) is 0 Å². The molecule has 0 aliphatic rings. The summed E-state index contributed by atoms with van der Waals surface area (Å²) in [6.45, 7) is -0.0394.